The first kappa shape index (κ1) is 26.9. The molecule has 0 aromatic heterocycles. The van der Waals surface area contributed by atoms with Crippen molar-refractivity contribution in [2.24, 2.45) is 5.73 Å². The van der Waals surface area contributed by atoms with Crippen LogP contribution in [0.15, 0.2) is 0 Å². The Labute approximate surface area is 172 Å². The minimum Gasteiger partial charge on any atom is -0.368 e. The van der Waals surface area contributed by atoms with E-state index in [1.807, 2.05) is 0 Å². The maximum absolute atomic E-state index is 11.9. The zero-order chi connectivity index (χ0) is 21.3. The molecule has 0 aromatic rings. The number of hydrogen-bond acceptors (Lipinski definition) is 4. The van der Waals surface area contributed by atoms with Crippen molar-refractivity contribution in [1.82, 2.24) is 5.32 Å². The van der Waals surface area contributed by atoms with Crippen molar-refractivity contribution < 1.29 is 18.0 Å². The molecule has 0 bridgehead atoms. The van der Waals surface area contributed by atoms with Gasteiger partial charge in [-0.1, -0.05) is 84.0 Å². The van der Waals surface area contributed by atoms with E-state index in [-0.39, 0.29) is 18.1 Å². The number of nitrogens with two attached hydrogens (primary N) is 1. The largest absolute Gasteiger partial charge is 0.368 e. The summed E-state index contributed by atoms with van der Waals surface area (Å²) in [7, 11) is -3.19. The minimum absolute atomic E-state index is 0.0263. The summed E-state index contributed by atoms with van der Waals surface area (Å²) in [6.45, 7) is 2.24. The molecule has 0 fully saturated rings. The van der Waals surface area contributed by atoms with Gasteiger partial charge < -0.3 is 11.1 Å². The number of sulfone groups is 1. The van der Waals surface area contributed by atoms with Crippen LogP contribution in [0.3, 0.4) is 0 Å². The number of amides is 2. The van der Waals surface area contributed by atoms with Crippen molar-refractivity contribution in [3.63, 3.8) is 0 Å². The van der Waals surface area contributed by atoms with Gasteiger partial charge in [0.15, 0.2) is 0 Å². The number of hydrogen-bond donors (Lipinski definition) is 2. The van der Waals surface area contributed by atoms with Crippen molar-refractivity contribution in [2.45, 2.75) is 109 Å². The molecule has 0 rings (SSSR count). The minimum atomic E-state index is -3.19. The van der Waals surface area contributed by atoms with Gasteiger partial charge in [0, 0.05) is 12.7 Å². The molecule has 0 aliphatic carbocycles. The van der Waals surface area contributed by atoms with Crippen LogP contribution >= 0.6 is 0 Å². The molecule has 0 saturated heterocycles. The molecule has 28 heavy (non-hydrogen) atoms. The summed E-state index contributed by atoms with van der Waals surface area (Å²) in [5.74, 6) is -1.10. The predicted octanol–water partition coefficient (Wildman–Crippen LogP) is 3.87. The van der Waals surface area contributed by atoms with Gasteiger partial charge in [-0.25, -0.2) is 8.42 Å². The molecule has 3 N–H and O–H groups in total. The second-order valence-corrected chi connectivity index (χ2v) is 10.2. The van der Waals surface area contributed by atoms with Gasteiger partial charge in [-0.3, -0.25) is 9.59 Å². The van der Waals surface area contributed by atoms with E-state index in [2.05, 4.69) is 12.2 Å². The lowest BCUT2D eigenvalue weighted by atomic mass is 10.0. The summed E-state index contributed by atoms with van der Waals surface area (Å²) in [4.78, 5) is 23.3. The van der Waals surface area contributed by atoms with Crippen molar-refractivity contribution in [2.75, 3.05) is 12.0 Å². The van der Waals surface area contributed by atoms with Crippen LogP contribution in [0.1, 0.15) is 103 Å². The van der Waals surface area contributed by atoms with E-state index >= 15 is 0 Å². The molecule has 166 valence electrons. The third-order valence-corrected chi connectivity index (χ3v) is 5.94. The Bertz CT molecular complexity index is 520. The third kappa shape index (κ3) is 18.3. The number of primary amides is 1. The fourth-order valence-electron chi connectivity index (χ4n) is 3.19. The predicted molar refractivity (Wildman–Crippen MR) is 116 cm³/mol. The third-order valence-electron chi connectivity index (χ3n) is 4.96. The van der Waals surface area contributed by atoms with E-state index in [1.165, 1.54) is 64.2 Å². The maximum Gasteiger partial charge on any atom is 0.240 e. The molecular weight excluding hydrogens is 376 g/mol. The molecule has 0 spiro atoms. The first-order valence-electron chi connectivity index (χ1n) is 11.0. The van der Waals surface area contributed by atoms with Crippen molar-refractivity contribution in [3.05, 3.63) is 0 Å². The fourth-order valence-corrected chi connectivity index (χ4v) is 3.85. The van der Waals surface area contributed by atoms with Gasteiger partial charge in [-0.15, -0.1) is 0 Å². The van der Waals surface area contributed by atoms with Crippen molar-refractivity contribution in [1.29, 1.82) is 0 Å². The molecular formula is C21H42N2O4S. The molecule has 1 atom stereocenters. The van der Waals surface area contributed by atoms with E-state index in [4.69, 9.17) is 5.73 Å². The first-order valence-corrected chi connectivity index (χ1v) is 13.1. The maximum atomic E-state index is 11.9. The van der Waals surface area contributed by atoms with E-state index in [9.17, 15) is 18.0 Å². The standard InChI is InChI=1S/C21H42N2O4S/c1-3-4-5-6-7-8-9-10-11-12-13-14-15-16-20(24)23-19(21(22)25)17-18-28(2,26)27/h19H,3-18H2,1-2H3,(H2,22,25)(H,23,24). The number of carbonyl (C=O) groups is 2. The Hall–Kier alpha value is -1.11. The Morgan fingerprint density at radius 2 is 1.25 bits per heavy atom. The van der Waals surface area contributed by atoms with Crippen LogP contribution in [-0.2, 0) is 19.4 Å². The summed E-state index contributed by atoms with van der Waals surface area (Å²) >= 11 is 0. The number of carbonyl (C=O) groups excluding carboxylic acids is 2. The van der Waals surface area contributed by atoms with Gasteiger partial charge >= 0.3 is 0 Å². The molecule has 0 saturated carbocycles. The lowest BCUT2D eigenvalue weighted by molar-refractivity contribution is -0.127. The Balaban J connectivity index is 3.61. The molecule has 1 unspecified atom stereocenters. The van der Waals surface area contributed by atoms with Crippen molar-refractivity contribution in [3.8, 4) is 0 Å². The summed E-state index contributed by atoms with van der Waals surface area (Å²) < 4.78 is 22.4. The van der Waals surface area contributed by atoms with Gasteiger partial charge in [-0.05, 0) is 12.8 Å². The Kier molecular flexibility index (Phi) is 16.1. The van der Waals surface area contributed by atoms with Gasteiger partial charge in [0.1, 0.15) is 15.9 Å². The smallest absolute Gasteiger partial charge is 0.240 e. The Morgan fingerprint density at radius 1 is 0.821 bits per heavy atom. The van der Waals surface area contributed by atoms with Crippen LogP contribution in [0.4, 0.5) is 0 Å². The van der Waals surface area contributed by atoms with E-state index in [0.29, 0.717) is 6.42 Å². The highest BCUT2D eigenvalue weighted by molar-refractivity contribution is 7.90. The summed E-state index contributed by atoms with van der Waals surface area (Å²) in [6, 6.07) is -0.913. The first-order chi connectivity index (χ1) is 13.3. The number of nitrogens with one attached hydrogen (secondary N) is 1. The second kappa shape index (κ2) is 16.8. The normalized spacial score (nSPS) is 12.6. The molecule has 0 heterocycles. The molecule has 0 aliphatic rings. The number of rotatable bonds is 19. The Morgan fingerprint density at radius 3 is 1.64 bits per heavy atom. The highest BCUT2D eigenvalue weighted by Crippen LogP contribution is 2.13. The average Bonchev–Trinajstić information content (AvgIpc) is 2.61. The molecule has 2 amide bonds. The monoisotopic (exact) mass is 418 g/mol. The summed E-state index contributed by atoms with van der Waals surface area (Å²) in [5.41, 5.74) is 5.24. The zero-order valence-electron chi connectivity index (χ0n) is 18.0. The van der Waals surface area contributed by atoms with Gasteiger partial charge in [0.2, 0.25) is 11.8 Å². The summed E-state index contributed by atoms with van der Waals surface area (Å²) in [6.07, 6.45) is 17.6. The summed E-state index contributed by atoms with van der Waals surface area (Å²) in [5, 5.41) is 2.55. The second-order valence-electron chi connectivity index (χ2n) is 7.93. The van der Waals surface area contributed by atoms with Gasteiger partial charge in [0.05, 0.1) is 5.75 Å². The van der Waals surface area contributed by atoms with Gasteiger partial charge in [0.25, 0.3) is 0 Å². The molecule has 0 radical (unpaired) electrons. The highest BCUT2D eigenvalue weighted by Gasteiger charge is 2.19. The van der Waals surface area contributed by atoms with Crippen LogP contribution < -0.4 is 11.1 Å². The van der Waals surface area contributed by atoms with Crippen LogP contribution in [0, 0.1) is 0 Å². The average molecular weight is 419 g/mol. The van der Waals surface area contributed by atoms with E-state index < -0.39 is 21.8 Å². The zero-order valence-corrected chi connectivity index (χ0v) is 18.8. The SMILES string of the molecule is CCCCCCCCCCCCCCCC(=O)NC(CCS(C)(=O)=O)C(N)=O. The number of unbranched alkanes of at least 4 members (excludes halogenated alkanes) is 12. The van der Waals surface area contributed by atoms with Gasteiger partial charge in [-0.2, -0.15) is 0 Å². The van der Waals surface area contributed by atoms with Crippen LogP contribution in [0.25, 0.3) is 0 Å². The fraction of sp³-hybridized carbons (Fsp3) is 0.905. The van der Waals surface area contributed by atoms with Crippen LogP contribution in [-0.4, -0.2) is 38.3 Å². The molecule has 6 nitrogen and oxygen atoms in total. The lowest BCUT2D eigenvalue weighted by Crippen LogP contribution is -2.45. The molecule has 7 heteroatoms. The molecule has 0 aliphatic heterocycles. The van der Waals surface area contributed by atoms with Crippen LogP contribution in [0.5, 0.6) is 0 Å². The van der Waals surface area contributed by atoms with E-state index in [1.54, 1.807) is 0 Å². The lowest BCUT2D eigenvalue weighted by Gasteiger charge is -2.14. The highest BCUT2D eigenvalue weighted by atomic mass is 32.2. The van der Waals surface area contributed by atoms with Crippen molar-refractivity contribution >= 4 is 21.7 Å². The topological polar surface area (TPSA) is 106 Å². The molecule has 0 aromatic carbocycles. The van der Waals surface area contributed by atoms with E-state index in [0.717, 1.165) is 25.5 Å². The van der Waals surface area contributed by atoms with Crippen LogP contribution in [0.2, 0.25) is 0 Å². The quantitative estimate of drug-likeness (QED) is 0.310.